The number of β-amino-alcohol motifs (C(OH)–C–C–N with tert-alkyl or cyclic N) is 1. The maximum atomic E-state index is 10.4. The average Bonchev–Trinajstić information content (AvgIpc) is 2.63. The highest BCUT2D eigenvalue weighted by molar-refractivity contribution is 5.38. The first-order valence-electron chi connectivity index (χ1n) is 8.99. The van der Waals surface area contributed by atoms with Gasteiger partial charge in [-0.3, -0.25) is 9.80 Å². The third-order valence-corrected chi connectivity index (χ3v) is 4.63. The first-order chi connectivity index (χ1) is 12.2. The van der Waals surface area contributed by atoms with Crippen LogP contribution in [0, 0.1) is 0 Å². The van der Waals surface area contributed by atoms with Crippen LogP contribution in [0.4, 0.5) is 5.82 Å². The molecular weight excluding hydrogens is 312 g/mol. The van der Waals surface area contributed by atoms with Gasteiger partial charge in [-0.15, -0.1) is 0 Å². The maximum absolute atomic E-state index is 10.4. The van der Waals surface area contributed by atoms with Crippen LogP contribution in [0.2, 0.25) is 0 Å². The van der Waals surface area contributed by atoms with E-state index in [2.05, 4.69) is 57.1 Å². The molecule has 1 aliphatic heterocycles. The Morgan fingerprint density at radius 2 is 1.76 bits per heavy atom. The summed E-state index contributed by atoms with van der Waals surface area (Å²) in [6, 6.07) is 16.4. The van der Waals surface area contributed by atoms with Crippen LogP contribution in [0.15, 0.2) is 54.7 Å². The van der Waals surface area contributed by atoms with E-state index in [-0.39, 0.29) is 6.10 Å². The summed E-state index contributed by atoms with van der Waals surface area (Å²) >= 11 is 0. The van der Waals surface area contributed by atoms with Crippen LogP contribution < -0.4 is 4.90 Å². The fourth-order valence-corrected chi connectivity index (χ4v) is 3.38. The summed E-state index contributed by atoms with van der Waals surface area (Å²) in [5.41, 5.74) is 1.28. The van der Waals surface area contributed by atoms with Crippen molar-refractivity contribution in [1.82, 2.24) is 14.8 Å². The second-order valence-corrected chi connectivity index (χ2v) is 6.81. The van der Waals surface area contributed by atoms with Crippen molar-refractivity contribution in [2.24, 2.45) is 0 Å². The number of aliphatic hydroxyl groups is 1. The van der Waals surface area contributed by atoms with E-state index in [0.717, 1.165) is 45.1 Å². The molecule has 1 N–H and O–H groups in total. The highest BCUT2D eigenvalue weighted by Crippen LogP contribution is 2.13. The molecule has 0 amide bonds. The van der Waals surface area contributed by atoms with E-state index >= 15 is 0 Å². The van der Waals surface area contributed by atoms with E-state index in [1.165, 1.54) is 5.56 Å². The molecule has 1 aromatic carbocycles. The standard InChI is InChI=1S/C20H28N4O/c1-22(15-18-7-3-2-4-8-18)16-19(25)17-23-11-13-24(14-12-23)20-9-5-6-10-21-20/h2-10,19,25H,11-17H2,1H3. The SMILES string of the molecule is CN(Cc1ccccc1)CC(O)CN1CCN(c2ccccn2)CC1. The number of likely N-dealkylation sites (N-methyl/N-ethyl adjacent to an activating group) is 1. The van der Waals surface area contributed by atoms with Crippen LogP contribution in [0.3, 0.4) is 0 Å². The molecule has 0 spiro atoms. The van der Waals surface area contributed by atoms with E-state index in [1.54, 1.807) is 0 Å². The highest BCUT2D eigenvalue weighted by Gasteiger charge is 2.20. The number of aliphatic hydroxyl groups excluding tert-OH is 1. The minimum Gasteiger partial charge on any atom is -0.390 e. The maximum Gasteiger partial charge on any atom is 0.128 e. The summed E-state index contributed by atoms with van der Waals surface area (Å²) in [6.07, 6.45) is 1.52. The van der Waals surface area contributed by atoms with Gasteiger partial charge in [0.05, 0.1) is 6.10 Å². The van der Waals surface area contributed by atoms with Gasteiger partial charge in [0, 0.05) is 52.0 Å². The van der Waals surface area contributed by atoms with Crippen LogP contribution in [0.5, 0.6) is 0 Å². The Kier molecular flexibility index (Phi) is 6.39. The number of anilines is 1. The van der Waals surface area contributed by atoms with Crippen molar-refractivity contribution in [3.63, 3.8) is 0 Å². The third-order valence-electron chi connectivity index (χ3n) is 4.63. The zero-order chi connectivity index (χ0) is 17.5. The van der Waals surface area contributed by atoms with Gasteiger partial charge in [-0.25, -0.2) is 4.98 Å². The summed E-state index contributed by atoms with van der Waals surface area (Å²) in [4.78, 5) is 11.3. The summed E-state index contributed by atoms with van der Waals surface area (Å²) in [6.45, 7) is 6.15. The van der Waals surface area contributed by atoms with Gasteiger partial charge in [-0.05, 0) is 24.7 Å². The molecule has 0 saturated carbocycles. The highest BCUT2D eigenvalue weighted by atomic mass is 16.3. The lowest BCUT2D eigenvalue weighted by molar-refractivity contribution is 0.0776. The Hall–Kier alpha value is -1.95. The van der Waals surface area contributed by atoms with Crippen molar-refractivity contribution in [1.29, 1.82) is 0 Å². The molecule has 2 aromatic rings. The van der Waals surface area contributed by atoms with Crippen molar-refractivity contribution < 1.29 is 5.11 Å². The predicted molar refractivity (Wildman–Crippen MR) is 102 cm³/mol. The Balaban J connectivity index is 1.39. The van der Waals surface area contributed by atoms with E-state index < -0.39 is 0 Å². The van der Waals surface area contributed by atoms with Crippen LogP contribution in [0.1, 0.15) is 5.56 Å². The number of piperazine rings is 1. The van der Waals surface area contributed by atoms with Gasteiger partial charge >= 0.3 is 0 Å². The second-order valence-electron chi connectivity index (χ2n) is 6.81. The summed E-state index contributed by atoms with van der Waals surface area (Å²) in [5.74, 6) is 1.05. The van der Waals surface area contributed by atoms with Gasteiger partial charge < -0.3 is 10.0 Å². The Morgan fingerprint density at radius 3 is 2.44 bits per heavy atom. The number of hydrogen-bond donors (Lipinski definition) is 1. The van der Waals surface area contributed by atoms with Crippen molar-refractivity contribution >= 4 is 5.82 Å². The van der Waals surface area contributed by atoms with E-state index in [0.29, 0.717) is 6.54 Å². The van der Waals surface area contributed by atoms with E-state index in [1.807, 2.05) is 24.4 Å². The summed E-state index contributed by atoms with van der Waals surface area (Å²) in [7, 11) is 2.06. The van der Waals surface area contributed by atoms with Crippen LogP contribution in [0.25, 0.3) is 0 Å². The number of nitrogens with zero attached hydrogens (tertiary/aromatic N) is 4. The molecule has 1 saturated heterocycles. The minimum absolute atomic E-state index is 0.324. The molecule has 1 atom stereocenters. The van der Waals surface area contributed by atoms with Gasteiger partial charge in [0.25, 0.3) is 0 Å². The lowest BCUT2D eigenvalue weighted by atomic mass is 10.2. The zero-order valence-electron chi connectivity index (χ0n) is 15.0. The normalized spacial score (nSPS) is 17.0. The van der Waals surface area contributed by atoms with Gasteiger partial charge in [-0.1, -0.05) is 36.4 Å². The molecule has 1 aliphatic rings. The summed E-state index contributed by atoms with van der Waals surface area (Å²) < 4.78 is 0. The molecular formula is C20H28N4O. The molecule has 5 heteroatoms. The first-order valence-corrected chi connectivity index (χ1v) is 8.99. The lowest BCUT2D eigenvalue weighted by Gasteiger charge is -2.36. The van der Waals surface area contributed by atoms with Gasteiger partial charge in [0.2, 0.25) is 0 Å². The van der Waals surface area contributed by atoms with Gasteiger partial charge in [0.15, 0.2) is 0 Å². The Labute approximate surface area is 150 Å². The van der Waals surface area contributed by atoms with E-state index in [4.69, 9.17) is 0 Å². The van der Waals surface area contributed by atoms with Crippen molar-refractivity contribution in [2.45, 2.75) is 12.6 Å². The average molecular weight is 340 g/mol. The van der Waals surface area contributed by atoms with Crippen LogP contribution >= 0.6 is 0 Å². The Morgan fingerprint density at radius 1 is 1.04 bits per heavy atom. The molecule has 25 heavy (non-hydrogen) atoms. The fraction of sp³-hybridized carbons (Fsp3) is 0.450. The molecule has 2 heterocycles. The molecule has 1 aromatic heterocycles. The van der Waals surface area contributed by atoms with Crippen LogP contribution in [-0.4, -0.2) is 72.3 Å². The predicted octanol–water partition coefficient (Wildman–Crippen LogP) is 1.70. The largest absolute Gasteiger partial charge is 0.390 e. The number of hydrogen-bond acceptors (Lipinski definition) is 5. The first kappa shape index (κ1) is 17.9. The van der Waals surface area contributed by atoms with Crippen molar-refractivity contribution in [2.75, 3.05) is 51.2 Å². The fourth-order valence-electron chi connectivity index (χ4n) is 3.38. The molecule has 1 fully saturated rings. The Bertz CT molecular complexity index is 614. The van der Waals surface area contributed by atoms with Gasteiger partial charge in [0.1, 0.15) is 5.82 Å². The third kappa shape index (κ3) is 5.53. The van der Waals surface area contributed by atoms with Crippen molar-refractivity contribution in [3.8, 4) is 0 Å². The monoisotopic (exact) mass is 340 g/mol. The number of benzene rings is 1. The van der Waals surface area contributed by atoms with Crippen molar-refractivity contribution in [3.05, 3.63) is 60.3 Å². The second kappa shape index (κ2) is 8.94. The molecule has 134 valence electrons. The molecule has 1 unspecified atom stereocenters. The zero-order valence-corrected chi connectivity index (χ0v) is 15.0. The number of pyridine rings is 1. The number of aromatic nitrogens is 1. The molecule has 0 bridgehead atoms. The quantitative estimate of drug-likeness (QED) is 0.831. The van der Waals surface area contributed by atoms with E-state index in [9.17, 15) is 5.11 Å². The molecule has 0 aliphatic carbocycles. The molecule has 5 nitrogen and oxygen atoms in total. The minimum atomic E-state index is -0.324. The lowest BCUT2D eigenvalue weighted by Crippen LogP contribution is -2.50. The topological polar surface area (TPSA) is 42.8 Å². The van der Waals surface area contributed by atoms with Crippen LogP contribution in [-0.2, 0) is 6.54 Å². The van der Waals surface area contributed by atoms with Gasteiger partial charge in [-0.2, -0.15) is 0 Å². The summed E-state index contributed by atoms with van der Waals surface area (Å²) in [5, 5.41) is 10.4. The molecule has 0 radical (unpaired) electrons. The smallest absolute Gasteiger partial charge is 0.128 e. The molecule has 3 rings (SSSR count). The number of rotatable bonds is 7.